The minimum absolute atomic E-state index is 0.0631. The number of nitrogens with zero attached hydrogens (tertiary/aromatic N) is 2. The summed E-state index contributed by atoms with van der Waals surface area (Å²) in [6.07, 6.45) is 7.05. The van der Waals surface area contributed by atoms with Gasteiger partial charge in [0.05, 0.1) is 0 Å². The first kappa shape index (κ1) is 15.4. The number of amides is 1. The standard InChI is InChI=1S/C16H18ClN3OS/c17-12-9-7-11(8-10-12)14-15(22-20-19-14)16(21)18-13-5-3-1-2-4-6-13/h7-10,13H,1-6H2,(H,18,21). The summed E-state index contributed by atoms with van der Waals surface area (Å²) in [6.45, 7) is 0. The topological polar surface area (TPSA) is 54.9 Å². The molecule has 3 rings (SSSR count). The molecule has 1 amide bonds. The van der Waals surface area contributed by atoms with Crippen LogP contribution in [0.4, 0.5) is 0 Å². The molecule has 1 heterocycles. The summed E-state index contributed by atoms with van der Waals surface area (Å²) in [5.41, 5.74) is 1.50. The highest BCUT2D eigenvalue weighted by molar-refractivity contribution is 7.08. The Labute approximate surface area is 139 Å². The Morgan fingerprint density at radius 1 is 1.14 bits per heavy atom. The quantitative estimate of drug-likeness (QED) is 0.850. The normalized spacial score (nSPS) is 16.2. The van der Waals surface area contributed by atoms with Crippen molar-refractivity contribution < 1.29 is 4.79 Å². The van der Waals surface area contributed by atoms with Gasteiger partial charge in [-0.3, -0.25) is 4.79 Å². The van der Waals surface area contributed by atoms with Crippen LogP contribution in [0.15, 0.2) is 24.3 Å². The van der Waals surface area contributed by atoms with Crippen LogP contribution in [0.3, 0.4) is 0 Å². The summed E-state index contributed by atoms with van der Waals surface area (Å²) in [5, 5.41) is 7.92. The SMILES string of the molecule is O=C(NC1CCCCCC1)c1snnc1-c1ccc(Cl)cc1. The van der Waals surface area contributed by atoms with Crippen molar-refractivity contribution in [3.05, 3.63) is 34.2 Å². The van der Waals surface area contributed by atoms with Gasteiger partial charge < -0.3 is 5.32 Å². The lowest BCUT2D eigenvalue weighted by atomic mass is 10.1. The van der Waals surface area contributed by atoms with Gasteiger partial charge in [0, 0.05) is 16.6 Å². The zero-order valence-corrected chi connectivity index (χ0v) is 13.8. The summed E-state index contributed by atoms with van der Waals surface area (Å²) in [7, 11) is 0. The van der Waals surface area contributed by atoms with E-state index in [1.165, 1.54) is 25.7 Å². The van der Waals surface area contributed by atoms with Gasteiger partial charge >= 0.3 is 0 Å². The molecule has 1 aliphatic rings. The van der Waals surface area contributed by atoms with Crippen molar-refractivity contribution in [2.24, 2.45) is 0 Å². The molecule has 22 heavy (non-hydrogen) atoms. The van der Waals surface area contributed by atoms with Gasteiger partial charge in [0.1, 0.15) is 10.6 Å². The van der Waals surface area contributed by atoms with Crippen molar-refractivity contribution in [3.63, 3.8) is 0 Å². The molecule has 0 radical (unpaired) electrons. The van der Waals surface area contributed by atoms with E-state index >= 15 is 0 Å². The predicted octanol–water partition coefficient (Wildman–Crippen LogP) is 4.31. The van der Waals surface area contributed by atoms with Crippen LogP contribution in [0.2, 0.25) is 5.02 Å². The molecule has 1 aliphatic carbocycles. The van der Waals surface area contributed by atoms with E-state index in [1.54, 1.807) is 12.1 Å². The summed E-state index contributed by atoms with van der Waals surface area (Å²) >= 11 is 7.05. The van der Waals surface area contributed by atoms with E-state index in [0.29, 0.717) is 15.6 Å². The van der Waals surface area contributed by atoms with Crippen LogP contribution in [0.25, 0.3) is 11.3 Å². The lowest BCUT2D eigenvalue weighted by Gasteiger charge is -2.15. The van der Waals surface area contributed by atoms with Crippen molar-refractivity contribution in [2.75, 3.05) is 0 Å². The largest absolute Gasteiger partial charge is 0.348 e. The molecule has 6 heteroatoms. The van der Waals surface area contributed by atoms with Gasteiger partial charge in [0.15, 0.2) is 0 Å². The molecule has 1 saturated carbocycles. The maximum atomic E-state index is 12.5. The fourth-order valence-corrected chi connectivity index (χ4v) is 3.53. The molecule has 0 atom stereocenters. The van der Waals surface area contributed by atoms with E-state index in [0.717, 1.165) is 29.9 Å². The Bertz CT molecular complexity index is 633. The van der Waals surface area contributed by atoms with Crippen LogP contribution in [0.5, 0.6) is 0 Å². The zero-order chi connectivity index (χ0) is 15.4. The Morgan fingerprint density at radius 2 is 1.82 bits per heavy atom. The minimum atomic E-state index is -0.0631. The highest BCUT2D eigenvalue weighted by Gasteiger charge is 2.21. The molecule has 1 N–H and O–H groups in total. The molecule has 1 aromatic carbocycles. The Morgan fingerprint density at radius 3 is 2.50 bits per heavy atom. The van der Waals surface area contributed by atoms with Gasteiger partial charge in [-0.15, -0.1) is 5.10 Å². The maximum absolute atomic E-state index is 12.5. The molecule has 4 nitrogen and oxygen atoms in total. The van der Waals surface area contributed by atoms with Gasteiger partial charge in [0.25, 0.3) is 5.91 Å². The number of carbonyl (C=O) groups is 1. The smallest absolute Gasteiger partial charge is 0.265 e. The van der Waals surface area contributed by atoms with Crippen LogP contribution >= 0.6 is 23.1 Å². The van der Waals surface area contributed by atoms with E-state index in [1.807, 2.05) is 12.1 Å². The average molecular weight is 336 g/mol. The molecule has 0 aliphatic heterocycles. The summed E-state index contributed by atoms with van der Waals surface area (Å²) in [5.74, 6) is -0.0631. The van der Waals surface area contributed by atoms with Gasteiger partial charge in [-0.25, -0.2) is 0 Å². The molecule has 1 aromatic heterocycles. The average Bonchev–Trinajstić information content (AvgIpc) is 2.87. The van der Waals surface area contributed by atoms with Crippen molar-refractivity contribution in [1.29, 1.82) is 0 Å². The first-order chi connectivity index (χ1) is 10.7. The van der Waals surface area contributed by atoms with Gasteiger partial charge in [0.2, 0.25) is 0 Å². The second kappa shape index (κ2) is 7.20. The highest BCUT2D eigenvalue weighted by Crippen LogP contribution is 2.26. The first-order valence-electron chi connectivity index (χ1n) is 7.63. The van der Waals surface area contributed by atoms with Crippen LogP contribution in [-0.4, -0.2) is 21.5 Å². The number of aromatic nitrogens is 2. The van der Waals surface area contributed by atoms with Crippen molar-refractivity contribution in [3.8, 4) is 11.3 Å². The maximum Gasteiger partial charge on any atom is 0.265 e. The molecule has 2 aromatic rings. The summed E-state index contributed by atoms with van der Waals surface area (Å²) in [6, 6.07) is 7.59. The fraction of sp³-hybridized carbons (Fsp3) is 0.438. The van der Waals surface area contributed by atoms with E-state index in [-0.39, 0.29) is 11.9 Å². The molecule has 116 valence electrons. The molecular weight excluding hydrogens is 318 g/mol. The van der Waals surface area contributed by atoms with Crippen LogP contribution in [0, 0.1) is 0 Å². The van der Waals surface area contributed by atoms with Crippen molar-refractivity contribution in [2.45, 2.75) is 44.6 Å². The van der Waals surface area contributed by atoms with Crippen LogP contribution in [0.1, 0.15) is 48.2 Å². The van der Waals surface area contributed by atoms with Gasteiger partial charge in [-0.2, -0.15) is 0 Å². The van der Waals surface area contributed by atoms with E-state index in [9.17, 15) is 4.79 Å². The Hall–Kier alpha value is -1.46. The highest BCUT2D eigenvalue weighted by atomic mass is 35.5. The Kier molecular flexibility index (Phi) is 5.05. The monoisotopic (exact) mass is 335 g/mol. The molecular formula is C16H18ClN3OS. The summed E-state index contributed by atoms with van der Waals surface area (Å²) < 4.78 is 3.95. The number of hydrogen-bond acceptors (Lipinski definition) is 4. The Balaban J connectivity index is 1.76. The lowest BCUT2D eigenvalue weighted by molar-refractivity contribution is 0.0938. The molecule has 0 saturated heterocycles. The van der Waals surface area contributed by atoms with Crippen molar-refractivity contribution >= 4 is 29.0 Å². The molecule has 1 fully saturated rings. The van der Waals surface area contributed by atoms with E-state index in [4.69, 9.17) is 11.6 Å². The fourth-order valence-electron chi connectivity index (χ4n) is 2.81. The third kappa shape index (κ3) is 3.65. The zero-order valence-electron chi connectivity index (χ0n) is 12.2. The summed E-state index contributed by atoms with van der Waals surface area (Å²) in [4.78, 5) is 13.1. The van der Waals surface area contributed by atoms with Gasteiger partial charge in [-0.05, 0) is 36.5 Å². The molecule has 0 unspecified atom stereocenters. The number of nitrogens with one attached hydrogen (secondary N) is 1. The second-order valence-corrected chi connectivity index (χ2v) is 6.81. The lowest BCUT2D eigenvalue weighted by Crippen LogP contribution is -2.34. The van der Waals surface area contributed by atoms with Crippen LogP contribution in [-0.2, 0) is 0 Å². The van der Waals surface area contributed by atoms with Crippen molar-refractivity contribution in [1.82, 2.24) is 14.9 Å². The number of benzene rings is 1. The third-order valence-electron chi connectivity index (χ3n) is 4.00. The van der Waals surface area contributed by atoms with Gasteiger partial charge in [-0.1, -0.05) is 53.9 Å². The molecule has 0 spiro atoms. The number of rotatable bonds is 3. The number of carbonyl (C=O) groups excluding carboxylic acids is 1. The van der Waals surface area contributed by atoms with Crippen LogP contribution < -0.4 is 5.32 Å². The first-order valence-corrected chi connectivity index (χ1v) is 8.78. The third-order valence-corrected chi connectivity index (χ3v) is 4.98. The minimum Gasteiger partial charge on any atom is -0.348 e. The second-order valence-electron chi connectivity index (χ2n) is 5.62. The van der Waals surface area contributed by atoms with E-state index in [2.05, 4.69) is 14.9 Å². The van der Waals surface area contributed by atoms with E-state index < -0.39 is 0 Å². The number of hydrogen-bond donors (Lipinski definition) is 1. The number of halogens is 1. The predicted molar refractivity (Wildman–Crippen MR) is 89.3 cm³/mol. The molecule has 0 bridgehead atoms.